The van der Waals surface area contributed by atoms with E-state index in [2.05, 4.69) is 10.1 Å². The highest BCUT2D eigenvalue weighted by molar-refractivity contribution is 5.94. The number of piperidine rings is 1. The van der Waals surface area contributed by atoms with Crippen LogP contribution in [-0.2, 0) is 5.41 Å². The van der Waals surface area contributed by atoms with Gasteiger partial charge in [0.1, 0.15) is 17.5 Å². The van der Waals surface area contributed by atoms with Gasteiger partial charge >= 0.3 is 0 Å². The van der Waals surface area contributed by atoms with E-state index in [1.807, 2.05) is 33.8 Å². The van der Waals surface area contributed by atoms with Gasteiger partial charge in [-0.05, 0) is 38.0 Å². The lowest BCUT2D eigenvalue weighted by Gasteiger charge is -2.33. The summed E-state index contributed by atoms with van der Waals surface area (Å²) in [6.07, 6.45) is 3.27. The molecule has 1 atom stereocenters. The summed E-state index contributed by atoms with van der Waals surface area (Å²) in [7, 11) is 0. The Bertz CT molecular complexity index is 1150. The van der Waals surface area contributed by atoms with E-state index in [0.29, 0.717) is 24.7 Å². The lowest BCUT2D eigenvalue weighted by Crippen LogP contribution is -2.40. The van der Waals surface area contributed by atoms with E-state index in [0.717, 1.165) is 48.0 Å². The predicted octanol–water partition coefficient (Wildman–Crippen LogP) is 5.04. The Morgan fingerprint density at radius 1 is 1.22 bits per heavy atom. The Labute approximate surface area is 185 Å². The second-order valence-corrected chi connectivity index (χ2v) is 9.29. The summed E-state index contributed by atoms with van der Waals surface area (Å²) in [5, 5.41) is 3.98. The van der Waals surface area contributed by atoms with Gasteiger partial charge in [0.2, 0.25) is 0 Å². The molecule has 2 aromatic heterocycles. The molecule has 1 unspecified atom stereocenters. The standard InChI is InChI=1S/C24H26F2N4O2/c1-14-10-20(32-29-14)18-12-27-23(24(2,3)4)28-21(18)15-6-5-9-30(13-15)22(31)17-11-16(25)7-8-19(17)26/h7-8,10-12,15H,5-6,9,13H2,1-4H3. The first-order valence-electron chi connectivity index (χ1n) is 10.7. The summed E-state index contributed by atoms with van der Waals surface area (Å²) in [5.74, 6) is -0.738. The molecule has 6 nitrogen and oxygen atoms in total. The van der Waals surface area contributed by atoms with Crippen LogP contribution < -0.4 is 0 Å². The minimum atomic E-state index is -0.728. The van der Waals surface area contributed by atoms with Crippen LogP contribution in [-0.4, -0.2) is 39.0 Å². The molecule has 1 amide bonds. The number of likely N-dealkylation sites (tertiary alicyclic amines) is 1. The zero-order valence-corrected chi connectivity index (χ0v) is 18.7. The Hall–Kier alpha value is -3.16. The van der Waals surface area contributed by atoms with Gasteiger partial charge in [0.25, 0.3) is 5.91 Å². The first kappa shape index (κ1) is 22.0. The molecule has 8 heteroatoms. The smallest absolute Gasteiger partial charge is 0.256 e. The quantitative estimate of drug-likeness (QED) is 0.571. The normalized spacial score (nSPS) is 16.9. The summed E-state index contributed by atoms with van der Waals surface area (Å²) in [6, 6.07) is 4.76. The van der Waals surface area contributed by atoms with Crippen LogP contribution in [0.25, 0.3) is 11.3 Å². The maximum atomic E-state index is 14.2. The molecule has 32 heavy (non-hydrogen) atoms. The Kier molecular flexibility index (Phi) is 5.79. The molecule has 0 aliphatic carbocycles. The highest BCUT2D eigenvalue weighted by atomic mass is 19.1. The molecule has 1 aromatic carbocycles. The minimum absolute atomic E-state index is 0.103. The SMILES string of the molecule is Cc1cc(-c2cnc(C(C)(C)C)nc2C2CCCN(C(=O)c3cc(F)ccc3F)C2)on1. The minimum Gasteiger partial charge on any atom is -0.356 e. The average molecular weight is 440 g/mol. The maximum absolute atomic E-state index is 14.2. The van der Waals surface area contributed by atoms with Gasteiger partial charge < -0.3 is 9.42 Å². The fourth-order valence-electron chi connectivity index (χ4n) is 3.96. The molecular weight excluding hydrogens is 414 g/mol. The summed E-state index contributed by atoms with van der Waals surface area (Å²) < 4.78 is 33.3. The number of benzene rings is 1. The maximum Gasteiger partial charge on any atom is 0.256 e. The molecule has 3 aromatic rings. The second-order valence-electron chi connectivity index (χ2n) is 9.29. The molecule has 1 aliphatic heterocycles. The third kappa shape index (κ3) is 4.40. The Balaban J connectivity index is 1.70. The number of rotatable bonds is 3. The van der Waals surface area contributed by atoms with Crippen LogP contribution in [0.5, 0.6) is 0 Å². The van der Waals surface area contributed by atoms with Crippen molar-refractivity contribution in [3.63, 3.8) is 0 Å². The van der Waals surface area contributed by atoms with Gasteiger partial charge in [0, 0.05) is 36.7 Å². The van der Waals surface area contributed by atoms with Crippen molar-refractivity contribution in [1.82, 2.24) is 20.0 Å². The molecule has 1 aliphatic rings. The summed E-state index contributed by atoms with van der Waals surface area (Å²) in [6.45, 7) is 8.76. The molecule has 0 radical (unpaired) electrons. The zero-order valence-electron chi connectivity index (χ0n) is 18.7. The van der Waals surface area contributed by atoms with Gasteiger partial charge in [-0.25, -0.2) is 18.7 Å². The second kappa shape index (κ2) is 8.41. The number of amides is 1. The Morgan fingerprint density at radius 2 is 2.00 bits per heavy atom. The summed E-state index contributed by atoms with van der Waals surface area (Å²) in [5.41, 5.74) is 1.73. The summed E-state index contributed by atoms with van der Waals surface area (Å²) in [4.78, 5) is 24.0. The fraction of sp³-hybridized carbons (Fsp3) is 0.417. The number of nitrogens with zero attached hydrogens (tertiary/aromatic N) is 4. The van der Waals surface area contributed by atoms with Crippen molar-refractivity contribution in [1.29, 1.82) is 0 Å². The highest BCUT2D eigenvalue weighted by Gasteiger charge is 2.31. The van der Waals surface area contributed by atoms with Crippen LogP contribution in [0.4, 0.5) is 8.78 Å². The largest absolute Gasteiger partial charge is 0.356 e. The third-order valence-corrected chi connectivity index (χ3v) is 5.64. The summed E-state index contributed by atoms with van der Waals surface area (Å²) >= 11 is 0. The van der Waals surface area contributed by atoms with E-state index >= 15 is 0 Å². The van der Waals surface area contributed by atoms with Crippen molar-refractivity contribution in [2.45, 2.75) is 51.9 Å². The lowest BCUT2D eigenvalue weighted by molar-refractivity contribution is 0.0700. The monoisotopic (exact) mass is 440 g/mol. The van der Waals surface area contributed by atoms with E-state index in [1.165, 1.54) is 0 Å². The molecule has 1 saturated heterocycles. The van der Waals surface area contributed by atoms with Gasteiger partial charge in [-0.2, -0.15) is 0 Å². The van der Waals surface area contributed by atoms with Gasteiger partial charge in [-0.3, -0.25) is 4.79 Å². The molecule has 0 bridgehead atoms. The number of carbonyl (C=O) groups excluding carboxylic acids is 1. The number of aryl methyl sites for hydroxylation is 1. The third-order valence-electron chi connectivity index (χ3n) is 5.64. The van der Waals surface area contributed by atoms with Crippen LogP contribution in [0.2, 0.25) is 0 Å². The molecular formula is C24H26F2N4O2. The van der Waals surface area contributed by atoms with Gasteiger partial charge in [0.05, 0.1) is 22.5 Å². The molecule has 168 valence electrons. The van der Waals surface area contributed by atoms with Crippen LogP contribution in [0.1, 0.15) is 67.1 Å². The number of hydrogen-bond donors (Lipinski definition) is 0. The lowest BCUT2D eigenvalue weighted by atomic mass is 9.89. The van der Waals surface area contributed by atoms with E-state index in [4.69, 9.17) is 9.51 Å². The van der Waals surface area contributed by atoms with Crippen LogP contribution >= 0.6 is 0 Å². The van der Waals surface area contributed by atoms with E-state index in [9.17, 15) is 13.6 Å². The highest BCUT2D eigenvalue weighted by Crippen LogP contribution is 2.35. The number of aromatic nitrogens is 3. The molecule has 0 saturated carbocycles. The van der Waals surface area contributed by atoms with Crippen molar-refractivity contribution in [3.05, 3.63) is 64.9 Å². The Morgan fingerprint density at radius 3 is 2.69 bits per heavy atom. The molecule has 3 heterocycles. The van der Waals surface area contributed by atoms with Crippen LogP contribution in [0, 0.1) is 18.6 Å². The fourth-order valence-corrected chi connectivity index (χ4v) is 3.96. The average Bonchev–Trinajstić information content (AvgIpc) is 3.20. The van der Waals surface area contributed by atoms with Crippen molar-refractivity contribution in [3.8, 4) is 11.3 Å². The molecule has 1 fully saturated rings. The van der Waals surface area contributed by atoms with Gasteiger partial charge in [-0.1, -0.05) is 25.9 Å². The predicted molar refractivity (Wildman–Crippen MR) is 115 cm³/mol. The van der Waals surface area contributed by atoms with Crippen molar-refractivity contribution in [2.24, 2.45) is 0 Å². The van der Waals surface area contributed by atoms with Crippen LogP contribution in [0.15, 0.2) is 35.0 Å². The van der Waals surface area contributed by atoms with Gasteiger partial charge in [0.15, 0.2) is 5.76 Å². The number of carbonyl (C=O) groups is 1. The van der Waals surface area contributed by atoms with Crippen molar-refractivity contribution in [2.75, 3.05) is 13.1 Å². The molecule has 0 spiro atoms. The number of hydrogen-bond acceptors (Lipinski definition) is 5. The van der Waals surface area contributed by atoms with Crippen molar-refractivity contribution >= 4 is 5.91 Å². The zero-order chi connectivity index (χ0) is 23.0. The first-order valence-corrected chi connectivity index (χ1v) is 10.7. The number of halogens is 2. The van der Waals surface area contributed by atoms with Gasteiger partial charge in [-0.15, -0.1) is 0 Å². The van der Waals surface area contributed by atoms with E-state index < -0.39 is 17.5 Å². The van der Waals surface area contributed by atoms with Crippen LogP contribution in [0.3, 0.4) is 0 Å². The topological polar surface area (TPSA) is 72.1 Å². The van der Waals surface area contributed by atoms with Crippen molar-refractivity contribution < 1.29 is 18.1 Å². The molecule has 4 rings (SSSR count). The first-order chi connectivity index (χ1) is 15.1. The molecule has 0 N–H and O–H groups in total. The van der Waals surface area contributed by atoms with E-state index in [-0.39, 0.29) is 16.9 Å². The van der Waals surface area contributed by atoms with E-state index in [1.54, 1.807) is 11.1 Å².